The number of halogens is 2. The maximum Gasteiger partial charge on any atom is 0.193 e. The summed E-state index contributed by atoms with van der Waals surface area (Å²) >= 11 is 0. The molecule has 1 aromatic rings. The average Bonchev–Trinajstić information content (AvgIpc) is 2.63. The molecule has 0 aliphatic carbocycles. The summed E-state index contributed by atoms with van der Waals surface area (Å²) in [6.45, 7) is 1.28. The second kappa shape index (κ2) is 8.83. The standard InChI is InChI=1S/C13H18FN3O2.HI/c14-5-1-6-16-13(15)17-10-3-4-11-12(9-10)19-8-2-7-18-11;/h3-4,9H,1-2,5-8H2,(H3,15,16,17);1H. The van der Waals surface area contributed by atoms with E-state index in [9.17, 15) is 4.39 Å². The molecule has 0 bridgehead atoms. The van der Waals surface area contributed by atoms with Gasteiger partial charge in [0.1, 0.15) is 0 Å². The van der Waals surface area contributed by atoms with E-state index in [0.717, 1.165) is 17.9 Å². The number of nitrogens with one attached hydrogen (secondary N) is 1. The number of rotatable bonds is 4. The number of anilines is 1. The highest BCUT2D eigenvalue weighted by Gasteiger charge is 2.10. The fraction of sp³-hybridized carbons (Fsp3) is 0.462. The number of nitrogens with zero attached hydrogens (tertiary/aromatic N) is 1. The first-order chi connectivity index (χ1) is 9.29. The van der Waals surface area contributed by atoms with Crippen molar-refractivity contribution in [2.24, 2.45) is 10.7 Å². The van der Waals surface area contributed by atoms with Crippen molar-refractivity contribution in [2.45, 2.75) is 12.8 Å². The molecular weight excluding hydrogens is 376 g/mol. The second-order valence-corrected chi connectivity index (χ2v) is 4.15. The number of nitrogens with two attached hydrogens (primary N) is 1. The van der Waals surface area contributed by atoms with Crippen molar-refractivity contribution >= 4 is 35.6 Å². The Balaban J connectivity index is 0.00000200. The van der Waals surface area contributed by atoms with Crippen LogP contribution in [0.5, 0.6) is 11.5 Å². The largest absolute Gasteiger partial charge is 0.490 e. The van der Waals surface area contributed by atoms with Crippen LogP contribution in [0.25, 0.3) is 0 Å². The fourth-order valence-corrected chi connectivity index (χ4v) is 1.69. The van der Waals surface area contributed by atoms with Gasteiger partial charge < -0.3 is 20.5 Å². The number of alkyl halides is 1. The monoisotopic (exact) mass is 395 g/mol. The Hall–Kier alpha value is -1.25. The van der Waals surface area contributed by atoms with E-state index >= 15 is 0 Å². The lowest BCUT2D eigenvalue weighted by Gasteiger charge is -2.10. The lowest BCUT2D eigenvalue weighted by Crippen LogP contribution is -2.22. The van der Waals surface area contributed by atoms with Gasteiger partial charge in [0.2, 0.25) is 0 Å². The predicted molar refractivity (Wildman–Crippen MR) is 88.2 cm³/mol. The fourth-order valence-electron chi connectivity index (χ4n) is 1.69. The van der Waals surface area contributed by atoms with Crippen molar-refractivity contribution in [1.82, 2.24) is 0 Å². The summed E-state index contributed by atoms with van der Waals surface area (Å²) in [6, 6.07) is 5.49. The molecule has 0 saturated heterocycles. The molecular formula is C13H19FIN3O2. The molecule has 3 N–H and O–H groups in total. The number of benzene rings is 1. The van der Waals surface area contributed by atoms with E-state index < -0.39 is 0 Å². The average molecular weight is 395 g/mol. The third-order valence-corrected chi connectivity index (χ3v) is 2.59. The molecule has 0 radical (unpaired) electrons. The van der Waals surface area contributed by atoms with Crippen LogP contribution in [0.3, 0.4) is 0 Å². The lowest BCUT2D eigenvalue weighted by atomic mass is 10.3. The number of fused-ring (bicyclic) bond motifs is 1. The van der Waals surface area contributed by atoms with Crippen molar-refractivity contribution in [3.8, 4) is 11.5 Å². The molecule has 2 rings (SSSR count). The van der Waals surface area contributed by atoms with Gasteiger partial charge >= 0.3 is 0 Å². The Bertz CT molecular complexity index is 457. The quantitative estimate of drug-likeness (QED) is 0.356. The van der Waals surface area contributed by atoms with Crippen LogP contribution in [0.4, 0.5) is 10.1 Å². The summed E-state index contributed by atoms with van der Waals surface area (Å²) in [5.74, 6) is 1.69. The summed E-state index contributed by atoms with van der Waals surface area (Å²) < 4.78 is 23.0. The maximum absolute atomic E-state index is 11.9. The van der Waals surface area contributed by atoms with Crippen molar-refractivity contribution in [2.75, 3.05) is 31.7 Å². The summed E-state index contributed by atoms with van der Waals surface area (Å²) in [6.07, 6.45) is 1.24. The van der Waals surface area contributed by atoms with Crippen LogP contribution in [-0.2, 0) is 0 Å². The molecule has 0 atom stereocenters. The van der Waals surface area contributed by atoms with E-state index in [1.165, 1.54) is 0 Å². The van der Waals surface area contributed by atoms with Gasteiger partial charge in [-0.05, 0) is 18.6 Å². The molecule has 7 heteroatoms. The lowest BCUT2D eigenvalue weighted by molar-refractivity contribution is 0.297. The third kappa shape index (κ3) is 5.03. The van der Waals surface area contributed by atoms with Crippen LogP contribution in [0, 0.1) is 0 Å². The van der Waals surface area contributed by atoms with Gasteiger partial charge in [0, 0.05) is 24.7 Å². The van der Waals surface area contributed by atoms with Crippen molar-refractivity contribution in [3.05, 3.63) is 18.2 Å². The zero-order chi connectivity index (χ0) is 13.5. The van der Waals surface area contributed by atoms with Crippen LogP contribution in [0.1, 0.15) is 12.8 Å². The van der Waals surface area contributed by atoms with Crippen molar-refractivity contribution < 1.29 is 13.9 Å². The molecule has 5 nitrogen and oxygen atoms in total. The minimum atomic E-state index is -0.388. The van der Waals surface area contributed by atoms with Gasteiger partial charge in [-0.1, -0.05) is 0 Å². The first-order valence-corrected chi connectivity index (χ1v) is 6.32. The van der Waals surface area contributed by atoms with Crippen LogP contribution < -0.4 is 20.5 Å². The van der Waals surface area contributed by atoms with Crippen LogP contribution in [0.2, 0.25) is 0 Å². The highest BCUT2D eigenvalue weighted by molar-refractivity contribution is 14.0. The molecule has 0 fully saturated rings. The molecule has 0 aromatic heterocycles. The summed E-state index contributed by atoms with van der Waals surface area (Å²) in [7, 11) is 0. The van der Waals surface area contributed by atoms with E-state index in [0.29, 0.717) is 31.9 Å². The van der Waals surface area contributed by atoms with Gasteiger partial charge in [-0.2, -0.15) is 0 Å². The molecule has 0 saturated carbocycles. The number of guanidine groups is 1. The zero-order valence-corrected chi connectivity index (χ0v) is 13.4. The Kier molecular flexibility index (Phi) is 7.42. The Morgan fingerprint density at radius 3 is 2.80 bits per heavy atom. The topological polar surface area (TPSA) is 68.9 Å². The highest BCUT2D eigenvalue weighted by atomic mass is 127. The molecule has 1 aromatic carbocycles. The first kappa shape index (κ1) is 16.8. The number of hydrogen-bond acceptors (Lipinski definition) is 3. The van der Waals surface area contributed by atoms with Crippen molar-refractivity contribution in [3.63, 3.8) is 0 Å². The van der Waals surface area contributed by atoms with E-state index in [1.54, 1.807) is 0 Å². The zero-order valence-electron chi connectivity index (χ0n) is 11.1. The van der Waals surface area contributed by atoms with E-state index in [-0.39, 0.29) is 36.6 Å². The van der Waals surface area contributed by atoms with Gasteiger partial charge in [-0.15, -0.1) is 24.0 Å². The third-order valence-electron chi connectivity index (χ3n) is 2.59. The summed E-state index contributed by atoms with van der Waals surface area (Å²) in [5, 5.41) is 2.94. The highest BCUT2D eigenvalue weighted by Crippen LogP contribution is 2.32. The molecule has 0 spiro atoms. The van der Waals surface area contributed by atoms with Gasteiger partial charge in [-0.3, -0.25) is 9.38 Å². The number of aliphatic imine (C=N–C) groups is 1. The second-order valence-electron chi connectivity index (χ2n) is 4.15. The van der Waals surface area contributed by atoms with Gasteiger partial charge in [0.05, 0.1) is 19.9 Å². The van der Waals surface area contributed by atoms with Crippen LogP contribution in [0.15, 0.2) is 23.2 Å². The maximum atomic E-state index is 11.9. The molecule has 20 heavy (non-hydrogen) atoms. The normalized spacial score (nSPS) is 14.2. The molecule has 1 aliphatic heterocycles. The first-order valence-electron chi connectivity index (χ1n) is 6.32. The number of hydrogen-bond donors (Lipinski definition) is 2. The smallest absolute Gasteiger partial charge is 0.193 e. The molecule has 1 aliphatic rings. The van der Waals surface area contributed by atoms with Crippen molar-refractivity contribution in [1.29, 1.82) is 0 Å². The van der Waals surface area contributed by atoms with Crippen LogP contribution >= 0.6 is 24.0 Å². The molecule has 1 heterocycles. The number of ether oxygens (including phenoxy) is 2. The predicted octanol–water partition coefficient (Wildman–Crippen LogP) is 2.55. The molecule has 0 amide bonds. The minimum Gasteiger partial charge on any atom is -0.490 e. The summed E-state index contributed by atoms with van der Waals surface area (Å²) in [5.41, 5.74) is 6.47. The van der Waals surface area contributed by atoms with E-state index in [4.69, 9.17) is 15.2 Å². The van der Waals surface area contributed by atoms with E-state index in [1.807, 2.05) is 18.2 Å². The summed E-state index contributed by atoms with van der Waals surface area (Å²) in [4.78, 5) is 4.01. The van der Waals surface area contributed by atoms with Gasteiger partial charge in [-0.25, -0.2) is 0 Å². The Morgan fingerprint density at radius 2 is 2.05 bits per heavy atom. The Morgan fingerprint density at radius 1 is 1.30 bits per heavy atom. The van der Waals surface area contributed by atoms with Crippen LogP contribution in [-0.4, -0.2) is 32.4 Å². The minimum absolute atomic E-state index is 0. The Labute approximate surface area is 134 Å². The molecule has 112 valence electrons. The SMILES string of the molecule is I.NC(=NCCCF)Nc1ccc2c(c1)OCCCO2. The van der Waals surface area contributed by atoms with Gasteiger partial charge in [0.25, 0.3) is 0 Å². The van der Waals surface area contributed by atoms with Gasteiger partial charge in [0.15, 0.2) is 17.5 Å². The van der Waals surface area contributed by atoms with E-state index in [2.05, 4.69) is 10.3 Å². The molecule has 0 unspecified atom stereocenters.